The number of aromatic hydroxyl groups is 1. The molecule has 0 spiro atoms. The van der Waals surface area contributed by atoms with Gasteiger partial charge in [0.2, 0.25) is 59.1 Å². The van der Waals surface area contributed by atoms with E-state index in [2.05, 4.69) is 73.1 Å². The van der Waals surface area contributed by atoms with Crippen LogP contribution in [-0.4, -0.2) is 147 Å². The predicted octanol–water partition coefficient (Wildman–Crippen LogP) is -1.33. The van der Waals surface area contributed by atoms with Gasteiger partial charge in [-0.15, -0.1) is 0 Å². The number of carbonyl (C=O) groups excluding carboxylic acids is 10. The number of rotatable bonds is 33. The highest BCUT2D eigenvalue weighted by molar-refractivity contribution is 7.80. The van der Waals surface area contributed by atoms with E-state index in [-0.39, 0.29) is 61.2 Å². The van der Waals surface area contributed by atoms with Gasteiger partial charge >= 0.3 is 5.97 Å². The molecule has 0 fully saturated rings. The molecule has 0 saturated carbocycles. The third-order valence-electron chi connectivity index (χ3n) is 11.9. The molecular formula is C49H81N11O13S2. The topological polar surface area (TPSA) is 389 Å². The van der Waals surface area contributed by atoms with Gasteiger partial charge in [0.05, 0.1) is 6.04 Å². The predicted molar refractivity (Wildman–Crippen MR) is 285 cm³/mol. The highest BCUT2D eigenvalue weighted by Crippen LogP contribution is 2.15. The molecule has 0 aliphatic heterocycles. The number of amides is 10. The van der Waals surface area contributed by atoms with Crippen molar-refractivity contribution < 1.29 is 63.0 Å². The number of primary amides is 1. The van der Waals surface area contributed by atoms with Crippen molar-refractivity contribution in [2.75, 3.05) is 11.5 Å². The Morgan fingerprint density at radius 1 is 0.520 bits per heavy atom. The van der Waals surface area contributed by atoms with Crippen LogP contribution in [0.4, 0.5) is 0 Å². The van der Waals surface area contributed by atoms with Gasteiger partial charge in [-0.05, 0) is 80.9 Å². The maximum Gasteiger partial charge on any atom is 0.327 e. The quantitative estimate of drug-likeness (QED) is 0.0363. The molecule has 0 heterocycles. The molecule has 1 aromatic rings. The zero-order chi connectivity index (χ0) is 57.4. The minimum absolute atomic E-state index is 0.0525. The Balaban J connectivity index is 3.11. The van der Waals surface area contributed by atoms with Crippen molar-refractivity contribution in [2.24, 2.45) is 35.1 Å². The van der Waals surface area contributed by atoms with E-state index in [9.17, 15) is 63.0 Å². The molecule has 0 aromatic heterocycles. The third kappa shape index (κ3) is 23.9. The Morgan fingerprint density at radius 2 is 0.920 bits per heavy atom. The van der Waals surface area contributed by atoms with Gasteiger partial charge in [-0.1, -0.05) is 73.9 Å². The van der Waals surface area contributed by atoms with Crippen LogP contribution in [0.25, 0.3) is 0 Å². The Labute approximate surface area is 449 Å². The largest absolute Gasteiger partial charge is 0.508 e. The fourth-order valence-electron chi connectivity index (χ4n) is 7.22. The standard InChI is InChI=1S/C49H81N11O13S2/c1-11-26(8)39(60-45(68)34(19-24(4)5)56-42(65)31(50)20-29-12-14-30(61)15-13-29)48(71)53-27(9)40(63)55-33(18-23(2)3)44(67)52-28(10)41(64)59-38(25(6)7)47(70)57-35(21-74)46(69)54-32(16-17-37(51)62)43(66)58-36(22-75)49(72)73/h12-15,23-28,31-36,38-39,61,74-75H,11,16-22,50H2,1-10H3,(H2,51,62)(H,52,67)(H,53,71)(H,54,69)(H,55,63)(H,56,65)(H,57,70)(H,58,66)(H,59,64)(H,60,68)(H,72,73)/t26-,27-,28-,31-,32-,33-,34-,35-,36-,38-,39-/m0/s1. The van der Waals surface area contributed by atoms with E-state index in [0.717, 1.165) is 0 Å². The number of nitrogens with two attached hydrogens (primary N) is 2. The highest BCUT2D eigenvalue weighted by Gasteiger charge is 2.36. The van der Waals surface area contributed by atoms with Crippen molar-refractivity contribution in [2.45, 2.75) is 168 Å². The van der Waals surface area contributed by atoms with Crippen LogP contribution >= 0.6 is 25.3 Å². The summed E-state index contributed by atoms with van der Waals surface area (Å²) in [5, 5.41) is 41.8. The van der Waals surface area contributed by atoms with Gasteiger partial charge in [0.25, 0.3) is 0 Å². The molecule has 0 bridgehead atoms. The second-order valence-corrected chi connectivity index (χ2v) is 20.5. The minimum Gasteiger partial charge on any atom is -0.508 e. The number of carboxylic acid groups (broad SMARTS) is 1. The molecule has 1 aromatic carbocycles. The van der Waals surface area contributed by atoms with E-state index >= 15 is 0 Å². The van der Waals surface area contributed by atoms with Gasteiger partial charge in [-0.2, -0.15) is 25.3 Å². The van der Waals surface area contributed by atoms with Crippen molar-refractivity contribution in [1.82, 2.24) is 47.9 Å². The number of phenolic OH excluding ortho intramolecular Hbond substituents is 1. The summed E-state index contributed by atoms with van der Waals surface area (Å²) in [4.78, 5) is 145. The first-order valence-electron chi connectivity index (χ1n) is 25.0. The zero-order valence-corrected chi connectivity index (χ0v) is 46.3. The normalized spacial score (nSPS) is 15.7. The lowest BCUT2D eigenvalue weighted by Crippen LogP contribution is -2.61. The van der Waals surface area contributed by atoms with Crippen LogP contribution in [0.1, 0.15) is 107 Å². The Morgan fingerprint density at radius 3 is 1.39 bits per heavy atom. The number of hydrogen-bond donors (Lipinski definition) is 15. The highest BCUT2D eigenvalue weighted by atomic mass is 32.1. The smallest absolute Gasteiger partial charge is 0.327 e. The summed E-state index contributed by atoms with van der Waals surface area (Å²) < 4.78 is 0. The Kier molecular flexibility index (Phi) is 29.4. The third-order valence-corrected chi connectivity index (χ3v) is 12.6. The first kappa shape index (κ1) is 66.9. The summed E-state index contributed by atoms with van der Waals surface area (Å²) in [6, 6.07) is -6.34. The number of thiol groups is 2. The second kappa shape index (κ2) is 33.0. The van der Waals surface area contributed by atoms with Crippen LogP contribution in [0, 0.1) is 23.7 Å². The van der Waals surface area contributed by atoms with E-state index < -0.39 is 137 Å². The first-order chi connectivity index (χ1) is 34.9. The molecule has 11 atom stereocenters. The summed E-state index contributed by atoms with van der Waals surface area (Å²) >= 11 is 8.07. The van der Waals surface area contributed by atoms with Crippen molar-refractivity contribution in [1.29, 1.82) is 0 Å². The molecule has 0 aliphatic rings. The Hall–Kier alpha value is -6.15. The van der Waals surface area contributed by atoms with Crippen LogP contribution in [0.15, 0.2) is 24.3 Å². The van der Waals surface area contributed by atoms with Crippen LogP contribution in [0.3, 0.4) is 0 Å². The summed E-state index contributed by atoms with van der Waals surface area (Å²) in [6.45, 7) is 16.8. The molecular weight excluding hydrogens is 1010 g/mol. The van der Waals surface area contributed by atoms with E-state index in [1.165, 1.54) is 26.0 Å². The van der Waals surface area contributed by atoms with Crippen molar-refractivity contribution >= 4 is 90.3 Å². The van der Waals surface area contributed by atoms with Crippen LogP contribution in [-0.2, 0) is 59.2 Å². The van der Waals surface area contributed by atoms with Gasteiger partial charge < -0.3 is 69.5 Å². The maximum atomic E-state index is 13.8. The minimum atomic E-state index is -1.45. The van der Waals surface area contributed by atoms with Crippen LogP contribution < -0.4 is 59.3 Å². The van der Waals surface area contributed by atoms with E-state index in [4.69, 9.17) is 11.5 Å². The van der Waals surface area contributed by atoms with Gasteiger partial charge in [-0.25, -0.2) is 4.79 Å². The molecule has 75 heavy (non-hydrogen) atoms. The molecule has 10 amide bonds. The van der Waals surface area contributed by atoms with Crippen LogP contribution in [0.5, 0.6) is 5.75 Å². The van der Waals surface area contributed by atoms with Gasteiger partial charge in [0.15, 0.2) is 0 Å². The number of carbonyl (C=O) groups is 11. The molecule has 24 nitrogen and oxygen atoms in total. The fraction of sp³-hybridized carbons (Fsp3) is 0.653. The monoisotopic (exact) mass is 1100 g/mol. The van der Waals surface area contributed by atoms with Gasteiger partial charge in [0.1, 0.15) is 60.1 Å². The van der Waals surface area contributed by atoms with Crippen molar-refractivity contribution in [3.8, 4) is 5.75 Å². The summed E-state index contributed by atoms with van der Waals surface area (Å²) in [6.07, 6.45) is 0.218. The molecule has 0 unspecified atom stereocenters. The van der Waals surface area contributed by atoms with E-state index in [1.54, 1.807) is 46.8 Å². The second-order valence-electron chi connectivity index (χ2n) is 19.8. The first-order valence-corrected chi connectivity index (χ1v) is 26.2. The van der Waals surface area contributed by atoms with Crippen molar-refractivity contribution in [3.05, 3.63) is 29.8 Å². The average Bonchev–Trinajstić information content (AvgIpc) is 3.33. The van der Waals surface area contributed by atoms with E-state index in [1.807, 2.05) is 20.8 Å². The molecule has 0 saturated heterocycles. The van der Waals surface area contributed by atoms with Gasteiger partial charge in [0, 0.05) is 17.9 Å². The Bertz CT molecular complexity index is 2130. The molecule has 0 aliphatic carbocycles. The summed E-state index contributed by atoms with van der Waals surface area (Å²) in [5.41, 5.74) is 12.1. The SMILES string of the molecule is CC[C@H](C)[C@H](NC(=O)[C@H](CC(C)C)NC(=O)[C@@H](N)Cc1ccc(O)cc1)C(=O)N[C@@H](C)C(=O)N[C@@H](CC(C)C)C(=O)N[C@@H](C)C(=O)N[C@H](C(=O)N[C@@H](CS)C(=O)N[C@@H](CCC(N)=O)C(=O)N[C@@H](CS)C(=O)O)C(C)C. The lowest BCUT2D eigenvalue weighted by Gasteiger charge is -2.29. The van der Waals surface area contributed by atoms with E-state index in [0.29, 0.717) is 12.0 Å². The van der Waals surface area contributed by atoms with Crippen LogP contribution in [0.2, 0.25) is 0 Å². The molecule has 15 N–H and O–H groups in total. The average molecular weight is 1100 g/mol. The summed E-state index contributed by atoms with van der Waals surface area (Å²) in [5.74, 6) is -11.0. The number of phenols is 1. The lowest BCUT2D eigenvalue weighted by molar-refractivity contribution is -0.141. The maximum absolute atomic E-state index is 13.8. The number of aliphatic carboxylic acids is 1. The number of hydrogen-bond acceptors (Lipinski definition) is 15. The molecule has 1 rings (SSSR count). The van der Waals surface area contributed by atoms with Gasteiger partial charge in [-0.3, -0.25) is 47.9 Å². The molecule has 0 radical (unpaired) electrons. The zero-order valence-electron chi connectivity index (χ0n) is 44.5. The lowest BCUT2D eigenvalue weighted by atomic mass is 9.96. The number of benzene rings is 1. The summed E-state index contributed by atoms with van der Waals surface area (Å²) in [7, 11) is 0. The fourth-order valence-corrected chi connectivity index (χ4v) is 7.72. The number of carboxylic acids is 1. The number of nitrogens with one attached hydrogen (secondary N) is 9. The molecule has 26 heteroatoms. The van der Waals surface area contributed by atoms with Crippen molar-refractivity contribution in [3.63, 3.8) is 0 Å². The molecule has 422 valence electrons.